The molecule has 0 spiro atoms. The molecule has 0 saturated heterocycles. The number of carbonyl (C=O) groups excluding carboxylic acids is 1. The molecule has 2 aliphatic rings. The van der Waals surface area contributed by atoms with E-state index in [1.54, 1.807) is 13.2 Å². The van der Waals surface area contributed by atoms with Crippen molar-refractivity contribution in [3.63, 3.8) is 0 Å². The highest BCUT2D eigenvalue weighted by Gasteiger charge is 2.45. The maximum absolute atomic E-state index is 12.3. The molecule has 2 aliphatic carbocycles. The first-order valence-electron chi connectivity index (χ1n) is 6.94. The van der Waals surface area contributed by atoms with Crippen molar-refractivity contribution in [2.24, 2.45) is 11.3 Å². The van der Waals surface area contributed by atoms with Crippen molar-refractivity contribution in [2.75, 3.05) is 7.11 Å². The van der Waals surface area contributed by atoms with Crippen molar-refractivity contribution >= 4 is 5.78 Å². The lowest BCUT2D eigenvalue weighted by Crippen LogP contribution is -2.43. The van der Waals surface area contributed by atoms with Gasteiger partial charge in [0, 0.05) is 18.1 Å². The van der Waals surface area contributed by atoms with Gasteiger partial charge in [0.25, 0.3) is 0 Å². The predicted molar refractivity (Wildman–Crippen MR) is 74.8 cm³/mol. The Bertz CT molecular complexity index is 459. The molecule has 3 nitrogen and oxygen atoms in total. The average molecular weight is 264 g/mol. The van der Waals surface area contributed by atoms with Gasteiger partial charge in [0.05, 0.1) is 11.7 Å². The first-order valence-corrected chi connectivity index (χ1v) is 6.94. The maximum atomic E-state index is 12.3. The fraction of sp³-hybridized carbons (Fsp3) is 0.688. The highest BCUT2D eigenvalue weighted by molar-refractivity contribution is 6.07. The molecule has 1 fully saturated rings. The Labute approximate surface area is 115 Å². The summed E-state index contributed by atoms with van der Waals surface area (Å²) in [5, 5.41) is 10.1. The van der Waals surface area contributed by atoms with E-state index in [0.717, 1.165) is 18.4 Å². The number of ketones is 1. The Kier molecular flexibility index (Phi) is 3.48. The van der Waals surface area contributed by atoms with E-state index in [4.69, 9.17) is 4.74 Å². The van der Waals surface area contributed by atoms with Crippen LogP contribution in [-0.2, 0) is 9.53 Å². The monoisotopic (exact) mass is 264 g/mol. The van der Waals surface area contributed by atoms with Gasteiger partial charge in [0.15, 0.2) is 5.78 Å². The normalized spacial score (nSPS) is 35.6. The SMILES string of the molecule is COC(C)(C)C1=CC2(C)C(=CC1=O)CCC(O)C2C. The molecule has 3 unspecified atom stereocenters. The minimum absolute atomic E-state index is 0.0444. The van der Waals surface area contributed by atoms with Crippen LogP contribution in [0, 0.1) is 11.3 Å². The van der Waals surface area contributed by atoms with Crippen molar-refractivity contribution in [1.82, 2.24) is 0 Å². The van der Waals surface area contributed by atoms with Gasteiger partial charge in [-0.2, -0.15) is 0 Å². The molecule has 1 N–H and O–H groups in total. The van der Waals surface area contributed by atoms with Crippen LogP contribution in [0.1, 0.15) is 40.5 Å². The van der Waals surface area contributed by atoms with Crippen LogP contribution < -0.4 is 0 Å². The van der Waals surface area contributed by atoms with E-state index in [2.05, 4.69) is 13.8 Å². The summed E-state index contributed by atoms with van der Waals surface area (Å²) in [6.07, 6.45) is 5.02. The van der Waals surface area contributed by atoms with Gasteiger partial charge < -0.3 is 9.84 Å². The second-order valence-corrected chi connectivity index (χ2v) is 6.48. The highest BCUT2D eigenvalue weighted by atomic mass is 16.5. The number of rotatable bonds is 2. The molecule has 3 heteroatoms. The standard InChI is InChI=1S/C16H24O3/c1-10-13(17)7-6-11-8-14(18)12(9-16(10,11)4)15(2,3)19-5/h8-10,13,17H,6-7H2,1-5H3. The lowest BCUT2D eigenvalue weighted by atomic mass is 9.60. The van der Waals surface area contributed by atoms with Gasteiger partial charge in [-0.3, -0.25) is 4.79 Å². The first kappa shape index (κ1) is 14.5. The molecule has 0 aromatic carbocycles. The molecular weight excluding hydrogens is 240 g/mol. The zero-order chi connectivity index (χ0) is 14.4. The largest absolute Gasteiger partial charge is 0.393 e. The van der Waals surface area contributed by atoms with Crippen LogP contribution in [0.2, 0.25) is 0 Å². The molecule has 0 aromatic rings. The summed E-state index contributed by atoms with van der Waals surface area (Å²) in [6.45, 7) is 7.98. The molecule has 2 rings (SSSR count). The van der Waals surface area contributed by atoms with E-state index in [-0.39, 0.29) is 23.2 Å². The molecule has 0 radical (unpaired) electrons. The van der Waals surface area contributed by atoms with Gasteiger partial charge in [-0.1, -0.05) is 25.5 Å². The van der Waals surface area contributed by atoms with Crippen LogP contribution >= 0.6 is 0 Å². The Morgan fingerprint density at radius 2 is 2.11 bits per heavy atom. The van der Waals surface area contributed by atoms with Gasteiger partial charge in [-0.05, 0) is 38.7 Å². The third-order valence-electron chi connectivity index (χ3n) is 5.10. The van der Waals surface area contributed by atoms with Crippen LogP contribution in [0.4, 0.5) is 0 Å². The topological polar surface area (TPSA) is 46.5 Å². The number of hydrogen-bond acceptors (Lipinski definition) is 3. The predicted octanol–water partition coefficient (Wildman–Crippen LogP) is 2.64. The van der Waals surface area contributed by atoms with Gasteiger partial charge in [-0.25, -0.2) is 0 Å². The lowest BCUT2D eigenvalue weighted by Gasteiger charge is -2.46. The van der Waals surface area contributed by atoms with Gasteiger partial charge in [0.1, 0.15) is 0 Å². The summed E-state index contributed by atoms with van der Waals surface area (Å²) < 4.78 is 5.45. The highest BCUT2D eigenvalue weighted by Crippen LogP contribution is 2.49. The van der Waals surface area contributed by atoms with Crippen LogP contribution in [0.3, 0.4) is 0 Å². The molecule has 106 valence electrons. The molecular formula is C16H24O3. The number of carbonyl (C=O) groups is 1. The smallest absolute Gasteiger partial charge is 0.184 e. The molecule has 19 heavy (non-hydrogen) atoms. The van der Waals surface area contributed by atoms with E-state index < -0.39 is 5.60 Å². The summed E-state index contributed by atoms with van der Waals surface area (Å²) in [6, 6.07) is 0. The maximum Gasteiger partial charge on any atom is 0.184 e. The first-order chi connectivity index (χ1) is 8.72. The van der Waals surface area contributed by atoms with Crippen molar-refractivity contribution in [3.8, 4) is 0 Å². The fourth-order valence-corrected chi connectivity index (χ4v) is 3.15. The minimum atomic E-state index is -0.593. The molecule has 3 atom stereocenters. The molecule has 1 saturated carbocycles. The minimum Gasteiger partial charge on any atom is -0.393 e. The van der Waals surface area contributed by atoms with E-state index in [0.29, 0.717) is 5.57 Å². The van der Waals surface area contributed by atoms with Crippen LogP contribution in [0.15, 0.2) is 23.3 Å². The molecule has 0 heterocycles. The zero-order valence-corrected chi connectivity index (χ0v) is 12.5. The summed E-state index contributed by atoms with van der Waals surface area (Å²) >= 11 is 0. The summed E-state index contributed by atoms with van der Waals surface area (Å²) in [7, 11) is 1.62. The zero-order valence-electron chi connectivity index (χ0n) is 12.5. The Balaban J connectivity index is 2.49. The quantitative estimate of drug-likeness (QED) is 0.834. The van der Waals surface area contributed by atoms with Crippen molar-refractivity contribution in [1.29, 1.82) is 0 Å². The lowest BCUT2D eigenvalue weighted by molar-refractivity contribution is -0.114. The summed E-state index contributed by atoms with van der Waals surface area (Å²) in [5.41, 5.74) is 1.01. The van der Waals surface area contributed by atoms with Gasteiger partial charge in [0.2, 0.25) is 0 Å². The van der Waals surface area contributed by atoms with Crippen LogP contribution in [0.5, 0.6) is 0 Å². The number of aliphatic hydroxyl groups excluding tert-OH is 1. The number of ether oxygens (including phenoxy) is 1. The second kappa shape index (κ2) is 4.57. The van der Waals surface area contributed by atoms with Gasteiger partial charge >= 0.3 is 0 Å². The average Bonchev–Trinajstić information content (AvgIpc) is 2.36. The Morgan fingerprint density at radius 1 is 1.47 bits per heavy atom. The Hall–Kier alpha value is -0.930. The van der Waals surface area contributed by atoms with Crippen LogP contribution in [0.25, 0.3) is 0 Å². The second-order valence-electron chi connectivity index (χ2n) is 6.48. The van der Waals surface area contributed by atoms with E-state index in [1.807, 2.05) is 19.9 Å². The number of allylic oxidation sites excluding steroid dienone is 3. The van der Waals surface area contributed by atoms with Crippen molar-refractivity contribution in [3.05, 3.63) is 23.3 Å². The van der Waals surface area contributed by atoms with Crippen molar-refractivity contribution in [2.45, 2.75) is 52.2 Å². The van der Waals surface area contributed by atoms with E-state index in [9.17, 15) is 9.90 Å². The third-order valence-corrected chi connectivity index (χ3v) is 5.10. The Morgan fingerprint density at radius 3 is 2.68 bits per heavy atom. The number of aliphatic hydroxyl groups is 1. The number of fused-ring (bicyclic) bond motifs is 1. The van der Waals surface area contributed by atoms with Crippen molar-refractivity contribution < 1.29 is 14.6 Å². The third kappa shape index (κ3) is 2.19. The molecule has 0 aliphatic heterocycles. The number of methoxy groups -OCH3 is 1. The fourth-order valence-electron chi connectivity index (χ4n) is 3.15. The summed E-state index contributed by atoms with van der Waals surface area (Å²) in [5.74, 6) is 0.158. The summed E-state index contributed by atoms with van der Waals surface area (Å²) in [4.78, 5) is 12.3. The van der Waals surface area contributed by atoms with E-state index in [1.165, 1.54) is 0 Å². The number of hydrogen-bond donors (Lipinski definition) is 1. The van der Waals surface area contributed by atoms with E-state index >= 15 is 0 Å². The van der Waals surface area contributed by atoms with Crippen LogP contribution in [-0.4, -0.2) is 29.7 Å². The molecule has 0 aromatic heterocycles. The molecule has 0 bridgehead atoms. The van der Waals surface area contributed by atoms with Gasteiger partial charge in [-0.15, -0.1) is 0 Å². The molecule has 0 amide bonds.